The Morgan fingerprint density at radius 1 is 1.50 bits per heavy atom. The molecule has 0 aromatic carbocycles. The molecular weight excluding hydrogens is 218 g/mol. The first-order valence-electron chi connectivity index (χ1n) is 3.91. The highest BCUT2D eigenvalue weighted by Gasteiger charge is 2.03. The van der Waals surface area contributed by atoms with E-state index in [1.807, 2.05) is 13.8 Å². The molecule has 0 atom stereocenters. The zero-order chi connectivity index (χ0) is 8.97. The van der Waals surface area contributed by atoms with E-state index in [4.69, 9.17) is 4.52 Å². The molecule has 1 heterocycles. The lowest BCUT2D eigenvalue weighted by atomic mass is 10.2. The molecule has 0 aliphatic heterocycles. The fraction of sp³-hybridized carbons (Fsp3) is 0.444. The van der Waals surface area contributed by atoms with Crippen LogP contribution in [0.2, 0.25) is 0 Å². The standard InChI is InChI=1S/C9H12BrNO/c1-7-9(5-3-4-6-10)8(2)12-11-7/h3,5H,4,6H2,1-2H3. The molecule has 1 rings (SSSR count). The van der Waals surface area contributed by atoms with Crippen LogP contribution in [0.25, 0.3) is 6.08 Å². The van der Waals surface area contributed by atoms with Crippen molar-refractivity contribution in [3.8, 4) is 0 Å². The lowest BCUT2D eigenvalue weighted by molar-refractivity contribution is 0.393. The van der Waals surface area contributed by atoms with Gasteiger partial charge in [0.1, 0.15) is 5.76 Å². The Morgan fingerprint density at radius 2 is 2.25 bits per heavy atom. The van der Waals surface area contributed by atoms with E-state index in [1.165, 1.54) is 0 Å². The van der Waals surface area contributed by atoms with E-state index in [1.54, 1.807) is 0 Å². The third kappa shape index (κ3) is 2.21. The summed E-state index contributed by atoms with van der Waals surface area (Å²) >= 11 is 3.36. The number of allylic oxidation sites excluding steroid dienone is 1. The highest BCUT2D eigenvalue weighted by atomic mass is 79.9. The molecule has 66 valence electrons. The zero-order valence-electron chi connectivity index (χ0n) is 7.30. The third-order valence-electron chi connectivity index (χ3n) is 1.65. The van der Waals surface area contributed by atoms with Crippen LogP contribution in [-0.2, 0) is 0 Å². The van der Waals surface area contributed by atoms with Gasteiger partial charge in [0.2, 0.25) is 0 Å². The Labute approximate surface area is 80.8 Å². The Kier molecular flexibility index (Phi) is 3.53. The van der Waals surface area contributed by atoms with E-state index in [0.717, 1.165) is 28.8 Å². The van der Waals surface area contributed by atoms with Gasteiger partial charge in [-0.1, -0.05) is 33.2 Å². The SMILES string of the molecule is Cc1noc(C)c1C=CCCBr. The van der Waals surface area contributed by atoms with Crippen LogP contribution in [-0.4, -0.2) is 10.5 Å². The predicted molar refractivity (Wildman–Crippen MR) is 53.4 cm³/mol. The van der Waals surface area contributed by atoms with Crippen LogP contribution in [0.5, 0.6) is 0 Å². The average Bonchev–Trinajstić information content (AvgIpc) is 2.35. The topological polar surface area (TPSA) is 26.0 Å². The van der Waals surface area contributed by atoms with Crippen LogP contribution in [0.15, 0.2) is 10.6 Å². The van der Waals surface area contributed by atoms with Crippen molar-refractivity contribution in [2.45, 2.75) is 20.3 Å². The largest absolute Gasteiger partial charge is 0.361 e. The Balaban J connectivity index is 2.73. The summed E-state index contributed by atoms with van der Waals surface area (Å²) in [7, 11) is 0. The van der Waals surface area contributed by atoms with Crippen molar-refractivity contribution in [1.29, 1.82) is 0 Å². The minimum atomic E-state index is 0.887. The zero-order valence-corrected chi connectivity index (χ0v) is 8.89. The maximum atomic E-state index is 5.01. The van der Waals surface area contributed by atoms with Gasteiger partial charge >= 0.3 is 0 Å². The van der Waals surface area contributed by atoms with Gasteiger partial charge in [0, 0.05) is 10.9 Å². The Morgan fingerprint density at radius 3 is 2.75 bits per heavy atom. The second-order valence-corrected chi connectivity index (χ2v) is 3.41. The van der Waals surface area contributed by atoms with Crippen LogP contribution in [0.3, 0.4) is 0 Å². The molecule has 0 radical (unpaired) electrons. The number of hydrogen-bond donors (Lipinski definition) is 0. The molecule has 0 bridgehead atoms. The van der Waals surface area contributed by atoms with Gasteiger partial charge in [-0.05, 0) is 20.3 Å². The molecule has 0 saturated heterocycles. The van der Waals surface area contributed by atoms with Crippen molar-refractivity contribution in [3.05, 3.63) is 23.1 Å². The molecule has 1 aromatic rings. The summed E-state index contributed by atoms with van der Waals surface area (Å²) in [5, 5.41) is 4.85. The molecule has 3 heteroatoms. The van der Waals surface area contributed by atoms with Gasteiger partial charge in [-0.2, -0.15) is 0 Å². The lowest BCUT2D eigenvalue weighted by Gasteiger charge is -1.88. The summed E-state index contributed by atoms with van der Waals surface area (Å²) in [5.41, 5.74) is 2.06. The van der Waals surface area contributed by atoms with Crippen molar-refractivity contribution in [2.75, 3.05) is 5.33 Å². The molecule has 0 amide bonds. The van der Waals surface area contributed by atoms with E-state index in [9.17, 15) is 0 Å². The molecule has 0 N–H and O–H groups in total. The normalized spacial score (nSPS) is 11.2. The molecule has 0 unspecified atom stereocenters. The molecule has 2 nitrogen and oxygen atoms in total. The first kappa shape index (κ1) is 9.52. The predicted octanol–water partition coefficient (Wildman–Crippen LogP) is 3.09. The summed E-state index contributed by atoms with van der Waals surface area (Å²) in [4.78, 5) is 0. The fourth-order valence-electron chi connectivity index (χ4n) is 0.992. The summed E-state index contributed by atoms with van der Waals surface area (Å²) in [6.45, 7) is 3.87. The van der Waals surface area contributed by atoms with Crippen molar-refractivity contribution >= 4 is 22.0 Å². The number of aryl methyl sites for hydroxylation is 2. The van der Waals surface area contributed by atoms with Crippen LogP contribution in [0.4, 0.5) is 0 Å². The molecule has 0 aliphatic rings. The second kappa shape index (κ2) is 4.45. The first-order chi connectivity index (χ1) is 5.75. The van der Waals surface area contributed by atoms with E-state index in [0.29, 0.717) is 0 Å². The summed E-state index contributed by atoms with van der Waals surface area (Å²) < 4.78 is 5.01. The van der Waals surface area contributed by atoms with Gasteiger partial charge < -0.3 is 4.52 Å². The first-order valence-corrected chi connectivity index (χ1v) is 5.03. The minimum absolute atomic E-state index is 0.887. The van der Waals surface area contributed by atoms with E-state index in [-0.39, 0.29) is 0 Å². The number of halogens is 1. The van der Waals surface area contributed by atoms with Gasteiger partial charge in [0.15, 0.2) is 0 Å². The number of rotatable bonds is 3. The van der Waals surface area contributed by atoms with E-state index >= 15 is 0 Å². The number of nitrogens with zero attached hydrogens (tertiary/aromatic N) is 1. The van der Waals surface area contributed by atoms with Gasteiger partial charge in [0.05, 0.1) is 5.69 Å². The monoisotopic (exact) mass is 229 g/mol. The van der Waals surface area contributed by atoms with Crippen molar-refractivity contribution in [3.63, 3.8) is 0 Å². The molecule has 0 fully saturated rings. The maximum absolute atomic E-state index is 5.01. The summed E-state index contributed by atoms with van der Waals surface area (Å²) in [5.74, 6) is 0.887. The molecule has 12 heavy (non-hydrogen) atoms. The number of aromatic nitrogens is 1. The van der Waals surface area contributed by atoms with Gasteiger partial charge in [-0.25, -0.2) is 0 Å². The van der Waals surface area contributed by atoms with E-state index in [2.05, 4.69) is 33.2 Å². The average molecular weight is 230 g/mol. The lowest BCUT2D eigenvalue weighted by Crippen LogP contribution is -1.76. The summed E-state index contributed by atoms with van der Waals surface area (Å²) in [6.07, 6.45) is 5.20. The van der Waals surface area contributed by atoms with Gasteiger partial charge in [-0.15, -0.1) is 0 Å². The highest BCUT2D eigenvalue weighted by molar-refractivity contribution is 9.09. The van der Waals surface area contributed by atoms with Crippen LogP contribution >= 0.6 is 15.9 Å². The fourth-order valence-corrected chi connectivity index (χ4v) is 1.26. The smallest absolute Gasteiger partial charge is 0.141 e. The molecule has 1 aromatic heterocycles. The van der Waals surface area contributed by atoms with Gasteiger partial charge in [-0.3, -0.25) is 0 Å². The molecular formula is C9H12BrNO. The maximum Gasteiger partial charge on any atom is 0.141 e. The van der Waals surface area contributed by atoms with Crippen LogP contribution < -0.4 is 0 Å². The molecule has 0 aliphatic carbocycles. The number of hydrogen-bond acceptors (Lipinski definition) is 2. The molecule has 0 spiro atoms. The van der Waals surface area contributed by atoms with Crippen LogP contribution in [0, 0.1) is 13.8 Å². The second-order valence-electron chi connectivity index (χ2n) is 2.62. The number of alkyl halides is 1. The highest BCUT2D eigenvalue weighted by Crippen LogP contribution is 2.14. The Hall–Kier alpha value is -0.570. The summed E-state index contributed by atoms with van der Waals surface area (Å²) in [6, 6.07) is 0. The van der Waals surface area contributed by atoms with Crippen molar-refractivity contribution < 1.29 is 4.52 Å². The van der Waals surface area contributed by atoms with E-state index < -0.39 is 0 Å². The minimum Gasteiger partial charge on any atom is -0.361 e. The molecule has 0 saturated carbocycles. The van der Waals surface area contributed by atoms with Crippen molar-refractivity contribution in [1.82, 2.24) is 5.16 Å². The Bertz CT molecular complexity index is 259. The van der Waals surface area contributed by atoms with Crippen molar-refractivity contribution in [2.24, 2.45) is 0 Å². The third-order valence-corrected chi connectivity index (χ3v) is 2.11. The van der Waals surface area contributed by atoms with Gasteiger partial charge in [0.25, 0.3) is 0 Å². The quantitative estimate of drug-likeness (QED) is 0.745. The van der Waals surface area contributed by atoms with Crippen LogP contribution in [0.1, 0.15) is 23.4 Å².